The molecule has 2 unspecified atom stereocenters. The third kappa shape index (κ3) is 2.23. The first-order valence-electron chi connectivity index (χ1n) is 8.82. The molecule has 2 heterocycles. The molecule has 140 valence electrons. The van der Waals surface area contributed by atoms with Crippen LogP contribution in [0.2, 0.25) is 5.21 Å². The number of imide groups is 1. The molecule has 0 aromatic heterocycles. The lowest BCUT2D eigenvalue weighted by molar-refractivity contribution is -0.153. The van der Waals surface area contributed by atoms with Gasteiger partial charge in [0.2, 0.25) is 11.8 Å². The minimum atomic E-state index is -2.06. The number of piperidine rings is 1. The smallest absolute Gasteiger partial charge is 0.256 e. The normalized spacial score (nSPS) is 31.6. The van der Waals surface area contributed by atoms with Gasteiger partial charge < -0.3 is 20.8 Å². The lowest BCUT2D eigenvalue weighted by Gasteiger charge is -2.53. The number of nitrogen functional groups attached to an aromatic ring is 1. The second-order valence-corrected chi connectivity index (χ2v) is 8.44. The molecular weight excluding hydrogens is 362 g/mol. The summed E-state index contributed by atoms with van der Waals surface area (Å²) >= 11 is 0. The van der Waals surface area contributed by atoms with Gasteiger partial charge in [0.15, 0.2) is 15.7 Å². The minimum Gasteiger partial charge on any atom is -0.399 e. The number of hydrogen-bond acceptors (Lipinski definition) is 6. The summed E-state index contributed by atoms with van der Waals surface area (Å²) in [6.45, 7) is 0. The van der Waals surface area contributed by atoms with Crippen LogP contribution in [0.25, 0.3) is 0 Å². The maximum Gasteiger partial charge on any atom is 0.256 e. The fourth-order valence-corrected chi connectivity index (χ4v) is 4.21. The molecule has 0 aliphatic carbocycles. The predicted molar refractivity (Wildman–Crippen MR) is 116 cm³/mol. The van der Waals surface area contributed by atoms with Gasteiger partial charge in [-0.25, -0.2) is 4.39 Å². The Kier molecular flexibility index (Phi) is 4.19. The maximum absolute atomic E-state index is 14.5. The van der Waals surface area contributed by atoms with Crippen molar-refractivity contribution >= 4 is 81.4 Å². The number of anilines is 1. The second-order valence-electron chi connectivity index (χ2n) is 8.44. The van der Waals surface area contributed by atoms with Crippen LogP contribution < -0.4 is 22.0 Å². The van der Waals surface area contributed by atoms with Gasteiger partial charge in [0.05, 0.1) is 0 Å². The molecule has 2 aliphatic rings. The van der Waals surface area contributed by atoms with Crippen molar-refractivity contribution in [2.24, 2.45) is 0 Å². The van der Waals surface area contributed by atoms with Gasteiger partial charge in [-0.1, -0.05) is 0 Å². The number of nitrogens with one attached hydrogen (secondary N) is 1. The predicted octanol–water partition coefficient (Wildman–Crippen LogP) is -9.15. The van der Waals surface area contributed by atoms with E-state index in [2.05, 4.69) is 5.32 Å². The van der Waals surface area contributed by atoms with Crippen molar-refractivity contribution in [3.63, 3.8) is 0 Å². The molecule has 1 fully saturated rings. The van der Waals surface area contributed by atoms with Gasteiger partial charge in [0.25, 0.3) is 5.91 Å². The highest BCUT2D eigenvalue weighted by Gasteiger charge is 2.63. The molecule has 8 nitrogen and oxygen atoms in total. The van der Waals surface area contributed by atoms with Crippen molar-refractivity contribution in [1.82, 2.24) is 10.2 Å². The van der Waals surface area contributed by atoms with Gasteiger partial charge in [0.1, 0.15) is 54.4 Å². The van der Waals surface area contributed by atoms with Crippen molar-refractivity contribution in [2.45, 2.75) is 22.4 Å². The summed E-state index contributed by atoms with van der Waals surface area (Å²) < 4.78 is 14.5. The zero-order valence-electron chi connectivity index (χ0n) is 16.6. The van der Waals surface area contributed by atoms with Crippen molar-refractivity contribution in [2.75, 3.05) is 5.73 Å². The number of nitrogens with two attached hydrogens (primary N) is 1. The Labute approximate surface area is 166 Å². The molecule has 3 rings (SSSR count). The number of amides is 3. The van der Waals surface area contributed by atoms with Crippen molar-refractivity contribution in [3.05, 3.63) is 16.9 Å². The van der Waals surface area contributed by atoms with E-state index in [-0.39, 0.29) is 27.7 Å². The van der Waals surface area contributed by atoms with Crippen LogP contribution in [0.15, 0.2) is 0 Å². The summed E-state index contributed by atoms with van der Waals surface area (Å²) in [6.07, 6.45) is 0. The molecule has 15 heteroatoms. The molecule has 1 saturated heterocycles. The molecule has 0 bridgehead atoms. The standard InChI is InChI=1S/C13H18B6FN3O5/c14-3-1-2(6(21)4(15)5(3)20)13(19,28)23(9(1)25)7-8(24)22-10(26)12(18,27)11(7,16)17/h7,27-28H,14-19,21H2,(H,22,24,26)/t7-,12?,13?/m1/s1. The van der Waals surface area contributed by atoms with Crippen LogP contribution >= 0.6 is 0 Å². The molecule has 3 amide bonds. The SMILES string of the molecule is Bc1c(N)c2c(c(B)c1F)C(=O)N([C@@H]1C(=O)NC(=O)C(B)(O)C1(B)B)C2(B)O. The first-order chi connectivity index (χ1) is 12.6. The van der Waals surface area contributed by atoms with E-state index in [0.29, 0.717) is 0 Å². The zero-order chi connectivity index (χ0) is 21.6. The average molecular weight is 380 g/mol. The summed E-state index contributed by atoms with van der Waals surface area (Å²) in [4.78, 5) is 39.0. The lowest BCUT2D eigenvalue weighted by atomic mass is 9.36. The molecule has 1 aromatic carbocycles. The Morgan fingerprint density at radius 1 is 1.07 bits per heavy atom. The third-order valence-electron chi connectivity index (χ3n) is 6.46. The van der Waals surface area contributed by atoms with Crippen molar-refractivity contribution in [3.8, 4) is 0 Å². The Balaban J connectivity index is 2.29. The van der Waals surface area contributed by atoms with E-state index in [1.807, 2.05) is 0 Å². The largest absolute Gasteiger partial charge is 0.399 e. The topological polar surface area (TPSA) is 133 Å². The number of halogens is 1. The Morgan fingerprint density at radius 3 is 2.14 bits per heavy atom. The van der Waals surface area contributed by atoms with E-state index >= 15 is 0 Å². The van der Waals surface area contributed by atoms with Crippen LogP contribution in [0, 0.1) is 5.82 Å². The summed E-state index contributed by atoms with van der Waals surface area (Å²) in [7, 11) is 8.23. The van der Waals surface area contributed by atoms with Gasteiger partial charge in [-0.05, 0) is 16.1 Å². The minimum absolute atomic E-state index is 0.00587. The summed E-state index contributed by atoms with van der Waals surface area (Å²) in [5.74, 6) is -3.23. The van der Waals surface area contributed by atoms with E-state index in [0.717, 1.165) is 4.90 Å². The molecule has 2 aliphatic heterocycles. The molecule has 0 spiro atoms. The average Bonchev–Trinajstić information content (AvgIpc) is 2.77. The molecular formula is C13H18B6FN3O5. The van der Waals surface area contributed by atoms with Crippen molar-refractivity contribution < 1.29 is 29.0 Å². The number of hydrogen-bond donors (Lipinski definition) is 4. The maximum atomic E-state index is 14.5. The van der Waals surface area contributed by atoms with Crippen molar-refractivity contribution in [1.29, 1.82) is 0 Å². The highest BCUT2D eigenvalue weighted by Crippen LogP contribution is 2.47. The fraction of sp³-hybridized carbons (Fsp3) is 0.308. The van der Waals surface area contributed by atoms with Crippen LogP contribution in [-0.2, 0) is 15.2 Å². The highest BCUT2D eigenvalue weighted by atomic mass is 19.1. The number of aliphatic hydroxyl groups is 2. The second kappa shape index (κ2) is 5.70. The summed E-state index contributed by atoms with van der Waals surface area (Å²) in [6, 6.07) is -1.42. The van der Waals surface area contributed by atoms with Crippen LogP contribution in [0.5, 0.6) is 0 Å². The first-order valence-corrected chi connectivity index (χ1v) is 8.82. The third-order valence-corrected chi connectivity index (χ3v) is 6.46. The van der Waals surface area contributed by atoms with Crippen LogP contribution in [0.3, 0.4) is 0 Å². The molecule has 1 aromatic rings. The summed E-state index contributed by atoms with van der Waals surface area (Å²) in [5, 5.41) is 22.6. The first kappa shape index (κ1) is 20.6. The number of carbonyl (C=O) groups is 3. The number of nitrogens with zero attached hydrogens (tertiary/aromatic N) is 1. The summed E-state index contributed by atoms with van der Waals surface area (Å²) in [5.41, 5.74) is 1.84. The van der Waals surface area contributed by atoms with Gasteiger partial charge in [-0.2, -0.15) is 0 Å². The Morgan fingerprint density at radius 2 is 1.61 bits per heavy atom. The monoisotopic (exact) mass is 381 g/mol. The van der Waals surface area contributed by atoms with E-state index < -0.39 is 45.9 Å². The van der Waals surface area contributed by atoms with E-state index in [9.17, 15) is 29.0 Å². The Hall–Kier alpha value is -2.13. The van der Waals surface area contributed by atoms with Gasteiger partial charge >= 0.3 is 0 Å². The van der Waals surface area contributed by atoms with Crippen LogP contribution in [0.1, 0.15) is 15.9 Å². The van der Waals surface area contributed by atoms with Gasteiger partial charge in [-0.3, -0.25) is 19.7 Å². The number of fused-ring (bicyclic) bond motifs is 1. The number of benzene rings is 1. The zero-order valence-corrected chi connectivity index (χ0v) is 16.6. The molecule has 5 N–H and O–H groups in total. The van der Waals surface area contributed by atoms with E-state index in [1.165, 1.54) is 47.1 Å². The molecule has 0 radical (unpaired) electrons. The molecule has 0 saturated carbocycles. The molecule has 3 atom stereocenters. The van der Waals surface area contributed by atoms with E-state index in [4.69, 9.17) is 5.73 Å². The van der Waals surface area contributed by atoms with Crippen LogP contribution in [-0.4, -0.2) is 91.5 Å². The highest BCUT2D eigenvalue weighted by molar-refractivity contribution is 6.52. The quantitative estimate of drug-likeness (QED) is 0.217. The fourth-order valence-electron chi connectivity index (χ4n) is 4.21. The van der Waals surface area contributed by atoms with Crippen LogP contribution in [0.4, 0.5) is 10.1 Å². The van der Waals surface area contributed by atoms with Gasteiger partial charge in [-0.15, -0.1) is 0 Å². The lowest BCUT2D eigenvalue weighted by Crippen LogP contribution is -2.74. The number of rotatable bonds is 1. The number of carbonyl (C=O) groups excluding carboxylic acids is 3. The Bertz CT molecular complexity index is 969. The van der Waals surface area contributed by atoms with E-state index in [1.54, 1.807) is 0 Å². The molecule has 28 heavy (non-hydrogen) atoms. The van der Waals surface area contributed by atoms with Gasteiger partial charge in [0, 0.05) is 16.8 Å².